The van der Waals surface area contributed by atoms with E-state index in [-0.39, 0.29) is 17.8 Å². The van der Waals surface area contributed by atoms with Crippen molar-refractivity contribution >= 4 is 5.91 Å². The van der Waals surface area contributed by atoms with Gasteiger partial charge in [-0.25, -0.2) is 9.37 Å². The molecule has 1 aromatic heterocycles. The molecule has 0 spiro atoms. The van der Waals surface area contributed by atoms with Gasteiger partial charge in [0.2, 0.25) is 0 Å². The van der Waals surface area contributed by atoms with Crippen LogP contribution in [0.4, 0.5) is 4.39 Å². The number of benzene rings is 3. The van der Waals surface area contributed by atoms with Gasteiger partial charge in [0.05, 0.1) is 25.2 Å². The number of hydrogen-bond acceptors (Lipinski definition) is 5. The van der Waals surface area contributed by atoms with E-state index in [1.807, 2.05) is 62.1 Å². The molecule has 0 aliphatic carbocycles. The van der Waals surface area contributed by atoms with Crippen molar-refractivity contribution in [2.24, 2.45) is 0 Å². The molecule has 208 valence electrons. The van der Waals surface area contributed by atoms with Gasteiger partial charge in [0, 0.05) is 37.4 Å². The number of amides is 1. The molecule has 0 fully saturated rings. The topological polar surface area (TPSA) is 70.7 Å². The minimum atomic E-state index is -0.322. The first-order valence-corrected chi connectivity index (χ1v) is 13.7. The van der Waals surface area contributed by atoms with Crippen LogP contribution in [0.1, 0.15) is 58.3 Å². The Bertz CT molecular complexity index is 1460. The fourth-order valence-corrected chi connectivity index (χ4v) is 5.35. The third-order valence-corrected chi connectivity index (χ3v) is 7.61. The standard InChI is InChI=1S/C32H35FN4O3/c1-5-36(6-2)32(38)23-9-7-22(8-10-23)31-27-18-30(40-26-13-11-25(33)12-14-26)29(39-4)17-24(27)15-16-37(31)19-28-21(3)34-20-35-28/h7-14,17-18,20,31H,5-6,15-16,19H2,1-4H3,(H,34,35). The Labute approximate surface area is 234 Å². The van der Waals surface area contributed by atoms with Gasteiger partial charge in [-0.05, 0) is 92.4 Å². The molecule has 1 amide bonds. The molecule has 0 saturated carbocycles. The molecule has 3 aromatic carbocycles. The Hall–Kier alpha value is -4.17. The van der Waals surface area contributed by atoms with Gasteiger partial charge < -0.3 is 19.4 Å². The van der Waals surface area contributed by atoms with Gasteiger partial charge in [0.15, 0.2) is 11.5 Å². The SMILES string of the molecule is CCN(CC)C(=O)c1ccc(C2c3cc(Oc4ccc(F)cc4)c(OC)cc3CCN2Cc2nc[nH]c2C)cc1. The average molecular weight is 543 g/mol. The molecule has 1 aliphatic rings. The Morgan fingerprint density at radius 2 is 1.80 bits per heavy atom. The average Bonchev–Trinajstić information content (AvgIpc) is 3.38. The number of halogens is 1. The highest BCUT2D eigenvalue weighted by Crippen LogP contribution is 2.43. The second-order valence-electron chi connectivity index (χ2n) is 9.95. The number of carbonyl (C=O) groups excluding carboxylic acids is 1. The maximum Gasteiger partial charge on any atom is 0.253 e. The van der Waals surface area contributed by atoms with Crippen LogP contribution in [0.5, 0.6) is 17.2 Å². The second kappa shape index (κ2) is 11.9. The summed E-state index contributed by atoms with van der Waals surface area (Å²) in [6.45, 7) is 8.84. The van der Waals surface area contributed by atoms with Gasteiger partial charge >= 0.3 is 0 Å². The monoisotopic (exact) mass is 542 g/mol. The highest BCUT2D eigenvalue weighted by molar-refractivity contribution is 5.94. The van der Waals surface area contributed by atoms with Crippen LogP contribution in [0.25, 0.3) is 0 Å². The number of aromatic amines is 1. The number of fused-ring (bicyclic) bond motifs is 1. The number of hydrogen-bond donors (Lipinski definition) is 1. The molecule has 1 unspecified atom stereocenters. The molecular weight excluding hydrogens is 507 g/mol. The molecule has 7 nitrogen and oxygen atoms in total. The summed E-state index contributed by atoms with van der Waals surface area (Å²) in [6.07, 6.45) is 2.56. The number of methoxy groups -OCH3 is 1. The predicted molar refractivity (Wildman–Crippen MR) is 152 cm³/mol. The molecule has 0 saturated heterocycles. The first kappa shape index (κ1) is 27.4. The van der Waals surface area contributed by atoms with Crippen molar-refractivity contribution in [3.63, 3.8) is 0 Å². The van der Waals surface area contributed by atoms with Crippen molar-refractivity contribution < 1.29 is 18.7 Å². The molecule has 0 bridgehead atoms. The zero-order chi connectivity index (χ0) is 28.2. The van der Waals surface area contributed by atoms with Crippen molar-refractivity contribution in [1.29, 1.82) is 0 Å². The first-order chi connectivity index (χ1) is 19.4. The minimum absolute atomic E-state index is 0.0318. The number of ether oxygens (including phenoxy) is 2. The van der Waals surface area contributed by atoms with Gasteiger partial charge in [0.1, 0.15) is 11.6 Å². The van der Waals surface area contributed by atoms with E-state index in [0.717, 1.165) is 35.5 Å². The van der Waals surface area contributed by atoms with E-state index in [0.29, 0.717) is 42.4 Å². The van der Waals surface area contributed by atoms with Crippen molar-refractivity contribution in [3.8, 4) is 17.2 Å². The zero-order valence-electron chi connectivity index (χ0n) is 23.4. The summed E-state index contributed by atoms with van der Waals surface area (Å²) >= 11 is 0. The number of aryl methyl sites for hydroxylation is 1. The number of nitrogens with one attached hydrogen (secondary N) is 1. The van der Waals surface area contributed by atoms with Crippen LogP contribution in [0.2, 0.25) is 0 Å². The van der Waals surface area contributed by atoms with Crippen LogP contribution in [-0.4, -0.2) is 52.4 Å². The molecule has 1 atom stereocenters. The summed E-state index contributed by atoms with van der Waals surface area (Å²) < 4.78 is 25.4. The molecule has 5 rings (SSSR count). The Morgan fingerprint density at radius 3 is 2.42 bits per heavy atom. The number of rotatable bonds is 9. The van der Waals surface area contributed by atoms with Crippen LogP contribution in [0.3, 0.4) is 0 Å². The summed E-state index contributed by atoms with van der Waals surface area (Å²) in [5.41, 5.74) is 6.06. The maximum absolute atomic E-state index is 13.5. The quantitative estimate of drug-likeness (QED) is 0.269. The molecule has 1 aliphatic heterocycles. The van der Waals surface area contributed by atoms with Crippen LogP contribution in [-0.2, 0) is 13.0 Å². The van der Waals surface area contributed by atoms with E-state index in [1.165, 1.54) is 17.7 Å². The predicted octanol–water partition coefficient (Wildman–Crippen LogP) is 6.29. The van der Waals surface area contributed by atoms with Crippen molar-refractivity contribution in [3.05, 3.63) is 106 Å². The second-order valence-corrected chi connectivity index (χ2v) is 9.95. The third kappa shape index (κ3) is 5.58. The fraction of sp³-hybridized carbons (Fsp3) is 0.312. The maximum atomic E-state index is 13.5. The molecule has 8 heteroatoms. The highest BCUT2D eigenvalue weighted by atomic mass is 19.1. The Kier molecular flexibility index (Phi) is 8.16. The summed E-state index contributed by atoms with van der Waals surface area (Å²) in [6, 6.07) is 17.8. The van der Waals surface area contributed by atoms with Gasteiger partial charge in [0.25, 0.3) is 5.91 Å². The van der Waals surface area contributed by atoms with Crippen LogP contribution < -0.4 is 9.47 Å². The number of imidazole rings is 1. The Balaban J connectivity index is 1.56. The minimum Gasteiger partial charge on any atom is -0.493 e. The summed E-state index contributed by atoms with van der Waals surface area (Å²) in [5.74, 6) is 1.42. The van der Waals surface area contributed by atoms with Gasteiger partial charge in [-0.2, -0.15) is 0 Å². The lowest BCUT2D eigenvalue weighted by Crippen LogP contribution is -2.36. The lowest BCUT2D eigenvalue weighted by Gasteiger charge is -2.38. The normalized spacial score (nSPS) is 15.0. The van der Waals surface area contributed by atoms with E-state index in [2.05, 4.69) is 14.9 Å². The van der Waals surface area contributed by atoms with Crippen molar-refractivity contribution in [1.82, 2.24) is 19.8 Å². The smallest absolute Gasteiger partial charge is 0.253 e. The number of nitrogens with zero attached hydrogens (tertiary/aromatic N) is 3. The van der Waals surface area contributed by atoms with Gasteiger partial charge in [-0.15, -0.1) is 0 Å². The van der Waals surface area contributed by atoms with E-state index >= 15 is 0 Å². The van der Waals surface area contributed by atoms with Gasteiger partial charge in [-0.3, -0.25) is 9.69 Å². The van der Waals surface area contributed by atoms with Gasteiger partial charge in [-0.1, -0.05) is 12.1 Å². The number of carbonyl (C=O) groups is 1. The molecule has 0 radical (unpaired) electrons. The van der Waals surface area contributed by atoms with Crippen LogP contribution in [0.15, 0.2) is 67.0 Å². The van der Waals surface area contributed by atoms with Crippen LogP contribution >= 0.6 is 0 Å². The van der Waals surface area contributed by atoms with Crippen molar-refractivity contribution in [2.75, 3.05) is 26.7 Å². The van der Waals surface area contributed by atoms with Crippen molar-refractivity contribution in [2.45, 2.75) is 39.8 Å². The van der Waals surface area contributed by atoms with E-state index in [4.69, 9.17) is 9.47 Å². The highest BCUT2D eigenvalue weighted by Gasteiger charge is 2.31. The first-order valence-electron chi connectivity index (χ1n) is 13.7. The number of H-pyrrole nitrogens is 1. The molecule has 2 heterocycles. The largest absolute Gasteiger partial charge is 0.493 e. The lowest BCUT2D eigenvalue weighted by atomic mass is 9.87. The molecule has 40 heavy (non-hydrogen) atoms. The van der Waals surface area contributed by atoms with E-state index in [1.54, 1.807) is 25.6 Å². The Morgan fingerprint density at radius 1 is 1.07 bits per heavy atom. The number of aromatic nitrogens is 2. The molecule has 4 aromatic rings. The summed E-state index contributed by atoms with van der Waals surface area (Å²) in [4.78, 5) is 24.9. The summed E-state index contributed by atoms with van der Waals surface area (Å²) in [5, 5.41) is 0. The lowest BCUT2D eigenvalue weighted by molar-refractivity contribution is 0.0773. The molecular formula is C32H35FN4O3. The van der Waals surface area contributed by atoms with E-state index < -0.39 is 0 Å². The zero-order valence-corrected chi connectivity index (χ0v) is 23.4. The van der Waals surface area contributed by atoms with Crippen LogP contribution in [0, 0.1) is 12.7 Å². The fourth-order valence-electron chi connectivity index (χ4n) is 5.35. The van der Waals surface area contributed by atoms with E-state index in [9.17, 15) is 9.18 Å². The summed E-state index contributed by atoms with van der Waals surface area (Å²) in [7, 11) is 1.62. The third-order valence-electron chi connectivity index (χ3n) is 7.61. The molecule has 1 N–H and O–H groups in total.